The Morgan fingerprint density at radius 3 is 2.33 bits per heavy atom. The number of hydrogen-bond acceptors (Lipinski definition) is 5. The first-order valence-corrected chi connectivity index (χ1v) is 9.77. The monoisotopic (exact) mass is 433 g/mol. The van der Waals surface area contributed by atoms with Gasteiger partial charge in [0.1, 0.15) is 11.4 Å². The molecule has 1 N–H and O–H groups in total. The van der Waals surface area contributed by atoms with Crippen LogP contribution >= 0.6 is 11.8 Å². The molecule has 3 aromatic rings. The highest BCUT2D eigenvalue weighted by molar-refractivity contribution is 8.00. The molecule has 1 amide bonds. The van der Waals surface area contributed by atoms with Gasteiger partial charge in [0.05, 0.1) is 18.1 Å². The van der Waals surface area contributed by atoms with E-state index in [2.05, 4.69) is 15.3 Å². The first-order chi connectivity index (χ1) is 14.3. The number of nitrogens with one attached hydrogen (secondary N) is 1. The van der Waals surface area contributed by atoms with Crippen molar-refractivity contribution in [2.45, 2.75) is 23.5 Å². The molecule has 0 saturated heterocycles. The number of methoxy groups -OCH3 is 1. The summed E-state index contributed by atoms with van der Waals surface area (Å²) in [6.45, 7) is 1.58. The normalized spacial score (nSPS) is 12.3. The molecule has 0 spiro atoms. The lowest BCUT2D eigenvalue weighted by molar-refractivity contribution is -0.141. The zero-order valence-electron chi connectivity index (χ0n) is 16.1. The summed E-state index contributed by atoms with van der Waals surface area (Å²) in [4.78, 5) is 20.3. The summed E-state index contributed by atoms with van der Waals surface area (Å²) < 4.78 is 45.0. The van der Waals surface area contributed by atoms with Crippen LogP contribution in [0.15, 0.2) is 65.8 Å². The van der Waals surface area contributed by atoms with Crippen LogP contribution in [0.4, 0.5) is 18.9 Å². The highest BCUT2D eigenvalue weighted by atomic mass is 32.2. The lowest BCUT2D eigenvalue weighted by Gasteiger charge is -2.14. The highest BCUT2D eigenvalue weighted by Gasteiger charge is 2.34. The van der Waals surface area contributed by atoms with E-state index in [1.807, 2.05) is 0 Å². The third kappa shape index (κ3) is 5.50. The number of ether oxygens (including phenoxy) is 1. The molecule has 0 aliphatic carbocycles. The summed E-state index contributed by atoms with van der Waals surface area (Å²) >= 11 is 0.859. The van der Waals surface area contributed by atoms with E-state index in [4.69, 9.17) is 4.74 Å². The van der Waals surface area contributed by atoms with Gasteiger partial charge in [0, 0.05) is 11.3 Å². The van der Waals surface area contributed by atoms with E-state index in [-0.39, 0.29) is 16.8 Å². The molecular weight excluding hydrogens is 415 g/mol. The van der Waals surface area contributed by atoms with Gasteiger partial charge in [0.25, 0.3) is 0 Å². The molecule has 1 atom stereocenters. The minimum absolute atomic E-state index is 0.124. The smallest absolute Gasteiger partial charge is 0.433 e. The number of aromatic nitrogens is 2. The van der Waals surface area contributed by atoms with E-state index >= 15 is 0 Å². The van der Waals surface area contributed by atoms with Crippen molar-refractivity contribution in [2.75, 3.05) is 12.4 Å². The number of carbonyl (C=O) groups is 1. The fourth-order valence-corrected chi connectivity index (χ4v) is 3.29. The van der Waals surface area contributed by atoms with Gasteiger partial charge in [-0.25, -0.2) is 9.97 Å². The molecule has 0 saturated carbocycles. The van der Waals surface area contributed by atoms with Gasteiger partial charge in [-0.15, -0.1) is 0 Å². The fraction of sp³-hybridized carbons (Fsp3) is 0.190. The third-order valence-electron chi connectivity index (χ3n) is 4.07. The Morgan fingerprint density at radius 2 is 1.73 bits per heavy atom. The topological polar surface area (TPSA) is 64.1 Å². The average Bonchev–Trinajstić information content (AvgIpc) is 2.74. The Kier molecular flexibility index (Phi) is 6.61. The van der Waals surface area contributed by atoms with Crippen LogP contribution in [0, 0.1) is 0 Å². The standard InChI is InChI=1S/C21H18F3N3O2S/c1-13(19(28)25-15-8-10-16(29-2)11-9-15)30-20-26-17(14-6-4-3-5-7-14)12-18(27-20)21(22,23)24/h3-13H,1-2H3,(H,25,28)/t13-/m1/s1. The minimum atomic E-state index is -4.63. The van der Waals surface area contributed by atoms with Crippen molar-refractivity contribution in [2.24, 2.45) is 0 Å². The zero-order valence-corrected chi connectivity index (χ0v) is 16.9. The molecule has 0 fully saturated rings. The quantitative estimate of drug-likeness (QED) is 0.423. The summed E-state index contributed by atoms with van der Waals surface area (Å²) in [6.07, 6.45) is -4.63. The molecular formula is C21H18F3N3O2S. The first-order valence-electron chi connectivity index (χ1n) is 8.89. The van der Waals surface area contributed by atoms with Gasteiger partial charge in [-0.1, -0.05) is 42.1 Å². The van der Waals surface area contributed by atoms with E-state index in [9.17, 15) is 18.0 Å². The Labute approximate surface area is 175 Å². The van der Waals surface area contributed by atoms with E-state index < -0.39 is 17.1 Å². The number of amides is 1. The molecule has 9 heteroatoms. The molecule has 2 aromatic carbocycles. The van der Waals surface area contributed by atoms with Crippen molar-refractivity contribution in [3.8, 4) is 17.0 Å². The van der Waals surface area contributed by atoms with E-state index in [0.717, 1.165) is 17.8 Å². The number of nitrogens with zero attached hydrogens (tertiary/aromatic N) is 2. The fourth-order valence-electron chi connectivity index (χ4n) is 2.51. The summed E-state index contributed by atoms with van der Waals surface area (Å²) in [5, 5.41) is 1.86. The molecule has 0 radical (unpaired) electrons. The average molecular weight is 433 g/mol. The Balaban J connectivity index is 1.80. The minimum Gasteiger partial charge on any atom is -0.497 e. The third-order valence-corrected chi connectivity index (χ3v) is 5.04. The number of benzene rings is 2. The van der Waals surface area contributed by atoms with Crippen LogP contribution in [0.3, 0.4) is 0 Å². The van der Waals surface area contributed by atoms with Crippen LogP contribution < -0.4 is 10.1 Å². The van der Waals surface area contributed by atoms with E-state index in [1.54, 1.807) is 61.5 Å². The number of rotatable bonds is 6. The summed E-state index contributed by atoms with van der Waals surface area (Å²) in [5.74, 6) is 0.258. The zero-order chi connectivity index (χ0) is 21.7. The molecule has 5 nitrogen and oxygen atoms in total. The molecule has 0 aliphatic rings. The predicted molar refractivity (Wildman–Crippen MR) is 109 cm³/mol. The van der Waals surface area contributed by atoms with Crippen molar-refractivity contribution in [3.63, 3.8) is 0 Å². The molecule has 156 valence electrons. The van der Waals surface area contributed by atoms with Gasteiger partial charge < -0.3 is 10.1 Å². The van der Waals surface area contributed by atoms with Crippen LogP contribution in [0.5, 0.6) is 5.75 Å². The van der Waals surface area contributed by atoms with Gasteiger partial charge in [0.15, 0.2) is 5.16 Å². The first kappa shape index (κ1) is 21.6. The summed E-state index contributed by atoms with van der Waals surface area (Å²) in [7, 11) is 1.53. The molecule has 30 heavy (non-hydrogen) atoms. The van der Waals surface area contributed by atoms with Crippen molar-refractivity contribution in [1.29, 1.82) is 0 Å². The van der Waals surface area contributed by atoms with Gasteiger partial charge in [-0.3, -0.25) is 4.79 Å². The Hall–Kier alpha value is -3.07. The number of alkyl halides is 3. The van der Waals surface area contributed by atoms with Crippen LogP contribution in [0.1, 0.15) is 12.6 Å². The van der Waals surface area contributed by atoms with Gasteiger partial charge in [0.2, 0.25) is 5.91 Å². The van der Waals surface area contributed by atoms with Crippen LogP contribution in [-0.4, -0.2) is 28.2 Å². The van der Waals surface area contributed by atoms with Gasteiger partial charge in [-0.05, 0) is 37.3 Å². The Bertz CT molecular complexity index is 1010. The number of anilines is 1. The highest BCUT2D eigenvalue weighted by Crippen LogP contribution is 2.33. The largest absolute Gasteiger partial charge is 0.497 e. The lowest BCUT2D eigenvalue weighted by Crippen LogP contribution is -2.23. The second-order valence-corrected chi connectivity index (χ2v) is 7.57. The Morgan fingerprint density at radius 1 is 1.07 bits per heavy atom. The van der Waals surface area contributed by atoms with Gasteiger partial charge >= 0.3 is 6.18 Å². The summed E-state index contributed by atoms with van der Waals surface area (Å²) in [5.41, 5.74) is 0.163. The summed E-state index contributed by atoms with van der Waals surface area (Å²) in [6, 6.07) is 16.1. The predicted octanol–water partition coefficient (Wildman–Crippen LogP) is 5.29. The second kappa shape index (κ2) is 9.17. The molecule has 1 aromatic heterocycles. The van der Waals surface area contributed by atoms with E-state index in [0.29, 0.717) is 17.0 Å². The van der Waals surface area contributed by atoms with Crippen LogP contribution in [0.25, 0.3) is 11.3 Å². The van der Waals surface area contributed by atoms with Crippen molar-refractivity contribution < 1.29 is 22.7 Å². The maximum Gasteiger partial charge on any atom is 0.433 e. The molecule has 0 bridgehead atoms. The number of halogens is 3. The van der Waals surface area contributed by atoms with E-state index in [1.165, 1.54) is 7.11 Å². The maximum absolute atomic E-state index is 13.3. The number of carbonyl (C=O) groups excluding carboxylic acids is 1. The van der Waals surface area contributed by atoms with Crippen molar-refractivity contribution in [1.82, 2.24) is 9.97 Å². The molecule has 1 heterocycles. The van der Waals surface area contributed by atoms with Crippen LogP contribution in [0.2, 0.25) is 0 Å². The maximum atomic E-state index is 13.3. The lowest BCUT2D eigenvalue weighted by atomic mass is 10.1. The van der Waals surface area contributed by atoms with Gasteiger partial charge in [-0.2, -0.15) is 13.2 Å². The van der Waals surface area contributed by atoms with Crippen molar-refractivity contribution in [3.05, 3.63) is 66.4 Å². The number of thioether (sulfide) groups is 1. The number of hydrogen-bond donors (Lipinski definition) is 1. The van der Waals surface area contributed by atoms with Crippen LogP contribution in [-0.2, 0) is 11.0 Å². The molecule has 3 rings (SSSR count). The second-order valence-electron chi connectivity index (χ2n) is 6.26. The molecule has 0 aliphatic heterocycles. The molecule has 0 unspecified atom stereocenters. The van der Waals surface area contributed by atoms with Crippen molar-refractivity contribution >= 4 is 23.4 Å². The SMILES string of the molecule is COc1ccc(NC(=O)[C@@H](C)Sc2nc(-c3ccccc3)cc(C(F)(F)F)n2)cc1.